The van der Waals surface area contributed by atoms with E-state index in [0.29, 0.717) is 23.5 Å². The van der Waals surface area contributed by atoms with Crippen molar-refractivity contribution in [1.82, 2.24) is 14.9 Å². The predicted molar refractivity (Wildman–Crippen MR) is 109 cm³/mol. The molecule has 0 atom stereocenters. The quantitative estimate of drug-likeness (QED) is 0.470. The van der Waals surface area contributed by atoms with Gasteiger partial charge in [0.25, 0.3) is 5.91 Å². The Kier molecular flexibility index (Phi) is 4.89. The average molecular weight is 374 g/mol. The van der Waals surface area contributed by atoms with E-state index in [1.807, 2.05) is 47.4 Å². The Balaban J connectivity index is 1.55. The third-order valence-electron chi connectivity index (χ3n) is 4.97. The number of rotatable bonds is 5. The lowest BCUT2D eigenvalue weighted by molar-refractivity contribution is 0.0793. The van der Waals surface area contributed by atoms with Gasteiger partial charge in [0.2, 0.25) is 0 Å². The van der Waals surface area contributed by atoms with Gasteiger partial charge in [0.05, 0.1) is 5.52 Å². The van der Waals surface area contributed by atoms with E-state index in [0.717, 1.165) is 42.4 Å². The SMILES string of the molecule is N=C(N)c1cccc(CNc2ncnc3cc(C(=O)N4CCCC4)ccc23)c1. The van der Waals surface area contributed by atoms with E-state index in [9.17, 15) is 4.79 Å². The number of amidine groups is 1. The molecule has 142 valence electrons. The van der Waals surface area contributed by atoms with E-state index in [-0.39, 0.29) is 11.7 Å². The number of hydrogen-bond donors (Lipinski definition) is 3. The van der Waals surface area contributed by atoms with Gasteiger partial charge in [-0.05, 0) is 42.7 Å². The van der Waals surface area contributed by atoms with Crippen molar-refractivity contribution in [3.05, 3.63) is 65.5 Å². The van der Waals surface area contributed by atoms with Gasteiger partial charge in [-0.3, -0.25) is 10.2 Å². The molecule has 7 heteroatoms. The zero-order chi connectivity index (χ0) is 19.5. The van der Waals surface area contributed by atoms with Crippen molar-refractivity contribution < 1.29 is 4.79 Å². The van der Waals surface area contributed by atoms with Gasteiger partial charge in [0, 0.05) is 36.1 Å². The summed E-state index contributed by atoms with van der Waals surface area (Å²) in [5.41, 5.74) is 8.65. The van der Waals surface area contributed by atoms with Crippen molar-refractivity contribution in [2.45, 2.75) is 19.4 Å². The van der Waals surface area contributed by atoms with Crippen LogP contribution >= 0.6 is 0 Å². The van der Waals surface area contributed by atoms with Gasteiger partial charge in [0.15, 0.2) is 0 Å². The van der Waals surface area contributed by atoms with Crippen LogP contribution in [0.1, 0.15) is 34.3 Å². The molecule has 0 unspecified atom stereocenters. The fourth-order valence-corrected chi connectivity index (χ4v) is 3.47. The lowest BCUT2D eigenvalue weighted by Gasteiger charge is -2.15. The standard InChI is InChI=1S/C21H22N6O/c22-19(23)15-5-3-4-14(10-15)12-24-20-17-7-6-16(11-18(17)25-13-26-20)21(28)27-8-1-2-9-27/h3-7,10-11,13H,1-2,8-9,12H2,(H3,22,23)(H,24,25,26). The third-order valence-corrected chi connectivity index (χ3v) is 4.97. The summed E-state index contributed by atoms with van der Waals surface area (Å²) in [4.78, 5) is 23.2. The molecular weight excluding hydrogens is 352 g/mol. The van der Waals surface area contributed by atoms with Gasteiger partial charge in [-0.15, -0.1) is 0 Å². The maximum absolute atomic E-state index is 12.6. The number of hydrogen-bond acceptors (Lipinski definition) is 5. The number of amides is 1. The zero-order valence-electron chi connectivity index (χ0n) is 15.5. The van der Waals surface area contributed by atoms with Gasteiger partial charge in [0.1, 0.15) is 18.0 Å². The second-order valence-corrected chi connectivity index (χ2v) is 6.92. The highest BCUT2D eigenvalue weighted by Gasteiger charge is 2.20. The van der Waals surface area contributed by atoms with Crippen LogP contribution in [0.3, 0.4) is 0 Å². The molecule has 1 aliphatic heterocycles. The molecule has 0 radical (unpaired) electrons. The van der Waals surface area contributed by atoms with Gasteiger partial charge in [-0.25, -0.2) is 9.97 Å². The highest BCUT2D eigenvalue weighted by Crippen LogP contribution is 2.22. The maximum Gasteiger partial charge on any atom is 0.253 e. The number of carbonyl (C=O) groups excluding carboxylic acids is 1. The Hall–Kier alpha value is -3.48. The van der Waals surface area contributed by atoms with E-state index in [1.54, 1.807) is 0 Å². The summed E-state index contributed by atoms with van der Waals surface area (Å²) < 4.78 is 0. The van der Waals surface area contributed by atoms with Crippen LogP contribution in [0.5, 0.6) is 0 Å². The number of aromatic nitrogens is 2. The second kappa shape index (κ2) is 7.64. The van der Waals surface area contributed by atoms with Crippen LogP contribution in [0.25, 0.3) is 10.9 Å². The summed E-state index contributed by atoms with van der Waals surface area (Å²) >= 11 is 0. The van der Waals surface area contributed by atoms with E-state index in [1.165, 1.54) is 6.33 Å². The minimum absolute atomic E-state index is 0.0459. The Morgan fingerprint density at radius 1 is 1.11 bits per heavy atom. The van der Waals surface area contributed by atoms with E-state index < -0.39 is 0 Å². The molecule has 1 aromatic heterocycles. The summed E-state index contributed by atoms with van der Waals surface area (Å²) in [6, 6.07) is 13.1. The Bertz CT molecular complexity index is 1040. The highest BCUT2D eigenvalue weighted by atomic mass is 16.2. The molecule has 2 heterocycles. The van der Waals surface area contributed by atoms with Crippen LogP contribution in [0.15, 0.2) is 48.8 Å². The Labute approximate surface area is 163 Å². The van der Waals surface area contributed by atoms with Crippen molar-refractivity contribution in [3.63, 3.8) is 0 Å². The summed E-state index contributed by atoms with van der Waals surface area (Å²) in [5, 5.41) is 11.7. The molecule has 1 amide bonds. The molecule has 3 aromatic rings. The van der Waals surface area contributed by atoms with Gasteiger partial charge >= 0.3 is 0 Å². The number of anilines is 1. The van der Waals surface area contributed by atoms with Gasteiger partial charge in [-0.2, -0.15) is 0 Å². The molecule has 0 aliphatic carbocycles. The van der Waals surface area contributed by atoms with Crippen molar-refractivity contribution in [2.24, 2.45) is 5.73 Å². The molecule has 0 saturated carbocycles. The molecule has 1 fully saturated rings. The lowest BCUT2D eigenvalue weighted by atomic mass is 10.1. The number of nitrogens with zero attached hydrogens (tertiary/aromatic N) is 3. The highest BCUT2D eigenvalue weighted by molar-refractivity contribution is 5.99. The molecule has 7 nitrogen and oxygen atoms in total. The number of nitrogens with one attached hydrogen (secondary N) is 2. The maximum atomic E-state index is 12.6. The predicted octanol–water partition coefficient (Wildman–Crippen LogP) is 2.76. The van der Waals surface area contributed by atoms with Crippen molar-refractivity contribution in [1.29, 1.82) is 5.41 Å². The molecule has 4 rings (SSSR count). The summed E-state index contributed by atoms with van der Waals surface area (Å²) in [5.74, 6) is 0.816. The fraction of sp³-hybridized carbons (Fsp3) is 0.238. The molecule has 0 bridgehead atoms. The molecule has 4 N–H and O–H groups in total. The Morgan fingerprint density at radius 3 is 2.71 bits per heavy atom. The first-order valence-corrected chi connectivity index (χ1v) is 9.33. The zero-order valence-corrected chi connectivity index (χ0v) is 15.5. The van der Waals surface area contributed by atoms with E-state index >= 15 is 0 Å². The molecule has 28 heavy (non-hydrogen) atoms. The molecular formula is C21H22N6O. The first kappa shape index (κ1) is 17.9. The monoisotopic (exact) mass is 374 g/mol. The van der Waals surface area contributed by atoms with Crippen LogP contribution in [0.4, 0.5) is 5.82 Å². The number of benzene rings is 2. The summed E-state index contributed by atoms with van der Waals surface area (Å²) in [6.07, 6.45) is 3.64. The largest absolute Gasteiger partial charge is 0.384 e. The van der Waals surface area contributed by atoms with Gasteiger partial charge in [-0.1, -0.05) is 18.2 Å². The number of nitrogens with two attached hydrogens (primary N) is 1. The molecule has 0 spiro atoms. The van der Waals surface area contributed by atoms with E-state index in [2.05, 4.69) is 15.3 Å². The number of nitrogen functional groups attached to an aromatic ring is 1. The van der Waals surface area contributed by atoms with Crippen molar-refractivity contribution in [2.75, 3.05) is 18.4 Å². The fourth-order valence-electron chi connectivity index (χ4n) is 3.47. The van der Waals surface area contributed by atoms with Crippen molar-refractivity contribution >= 4 is 28.5 Å². The molecule has 1 aliphatic rings. The second-order valence-electron chi connectivity index (χ2n) is 6.92. The van der Waals surface area contributed by atoms with Crippen LogP contribution in [-0.4, -0.2) is 39.7 Å². The number of likely N-dealkylation sites (tertiary alicyclic amines) is 1. The smallest absolute Gasteiger partial charge is 0.253 e. The van der Waals surface area contributed by atoms with Crippen LogP contribution in [0.2, 0.25) is 0 Å². The number of carbonyl (C=O) groups is 1. The lowest BCUT2D eigenvalue weighted by Crippen LogP contribution is -2.27. The van der Waals surface area contributed by atoms with Crippen LogP contribution in [0, 0.1) is 5.41 Å². The summed E-state index contributed by atoms with van der Waals surface area (Å²) in [7, 11) is 0. The topological polar surface area (TPSA) is 108 Å². The minimum Gasteiger partial charge on any atom is -0.384 e. The normalized spacial score (nSPS) is 13.6. The molecule has 1 saturated heterocycles. The first-order valence-electron chi connectivity index (χ1n) is 9.33. The Morgan fingerprint density at radius 2 is 1.93 bits per heavy atom. The number of fused-ring (bicyclic) bond motifs is 1. The first-order chi connectivity index (χ1) is 13.6. The van der Waals surface area contributed by atoms with Crippen LogP contribution in [-0.2, 0) is 6.54 Å². The average Bonchev–Trinajstić information content (AvgIpc) is 3.26. The van der Waals surface area contributed by atoms with Crippen molar-refractivity contribution in [3.8, 4) is 0 Å². The third kappa shape index (κ3) is 3.64. The van der Waals surface area contributed by atoms with E-state index in [4.69, 9.17) is 11.1 Å². The van der Waals surface area contributed by atoms with Crippen LogP contribution < -0.4 is 11.1 Å². The van der Waals surface area contributed by atoms with Gasteiger partial charge < -0.3 is 16.0 Å². The summed E-state index contributed by atoms with van der Waals surface area (Å²) in [6.45, 7) is 2.20. The minimum atomic E-state index is 0.0459. The molecule has 2 aromatic carbocycles.